The number of aryl methyl sites for hydroxylation is 1. The van der Waals surface area contributed by atoms with Crippen molar-refractivity contribution >= 4 is 33.6 Å². The fourth-order valence-electron chi connectivity index (χ4n) is 3.34. The van der Waals surface area contributed by atoms with E-state index in [4.69, 9.17) is 16.2 Å². The molecule has 1 aromatic heterocycles. The zero-order valence-corrected chi connectivity index (χ0v) is 21.5. The summed E-state index contributed by atoms with van der Waals surface area (Å²) < 4.78 is 33.6. The van der Waals surface area contributed by atoms with Crippen LogP contribution in [-0.2, 0) is 35.6 Å². The summed E-state index contributed by atoms with van der Waals surface area (Å²) in [5.74, 6) is -1.99. The van der Waals surface area contributed by atoms with Gasteiger partial charge in [0.25, 0.3) is 0 Å². The fourth-order valence-corrected chi connectivity index (χ4v) is 4.54. The third kappa shape index (κ3) is 9.02. The van der Waals surface area contributed by atoms with Crippen molar-refractivity contribution in [2.24, 2.45) is 5.73 Å². The normalized spacial score (nSPS) is 12.6. The van der Waals surface area contributed by atoms with Crippen molar-refractivity contribution in [1.82, 2.24) is 14.6 Å². The topological polar surface area (TPSA) is 175 Å². The Labute approximate surface area is 211 Å². The third-order valence-electron chi connectivity index (χ3n) is 4.80. The number of carbonyl (C=O) groups is 3. The van der Waals surface area contributed by atoms with E-state index in [2.05, 4.69) is 9.71 Å². The zero-order valence-electron chi connectivity index (χ0n) is 20.6. The van der Waals surface area contributed by atoms with Gasteiger partial charge in [0.15, 0.2) is 0 Å². The van der Waals surface area contributed by atoms with E-state index in [0.29, 0.717) is 29.3 Å². The smallest absolute Gasteiger partial charge is 0.309 e. The minimum absolute atomic E-state index is 0.0977. The van der Waals surface area contributed by atoms with Gasteiger partial charge in [0, 0.05) is 12.1 Å². The van der Waals surface area contributed by atoms with Gasteiger partial charge in [-0.1, -0.05) is 24.3 Å². The van der Waals surface area contributed by atoms with Crippen molar-refractivity contribution in [3.05, 3.63) is 54.2 Å². The van der Waals surface area contributed by atoms with Crippen LogP contribution in [0.4, 0.5) is 5.82 Å². The van der Waals surface area contributed by atoms with Gasteiger partial charge < -0.3 is 16.2 Å². The molecular weight excluding hydrogens is 486 g/mol. The van der Waals surface area contributed by atoms with Crippen molar-refractivity contribution < 1.29 is 27.5 Å². The molecule has 36 heavy (non-hydrogen) atoms. The van der Waals surface area contributed by atoms with Gasteiger partial charge in [-0.15, -0.1) is 0 Å². The molecule has 11 nitrogen and oxygen atoms in total. The summed E-state index contributed by atoms with van der Waals surface area (Å²) in [5, 5.41) is 0. The largest absolute Gasteiger partial charge is 0.460 e. The van der Waals surface area contributed by atoms with E-state index in [9.17, 15) is 22.8 Å². The number of hydrogen-bond acceptors (Lipinski definition) is 9. The SMILES string of the molecule is CC(C)(C)OC(=O)C[C@H](NS(=O)(=O)c1ccccc1)N(C(=O)CN)C(=O)CCCc1cccc(N)n1. The molecule has 196 valence electrons. The van der Waals surface area contributed by atoms with Crippen LogP contribution < -0.4 is 16.2 Å². The van der Waals surface area contributed by atoms with Gasteiger partial charge in [-0.25, -0.2) is 13.4 Å². The van der Waals surface area contributed by atoms with Crippen LogP contribution in [0.5, 0.6) is 0 Å². The summed E-state index contributed by atoms with van der Waals surface area (Å²) in [6, 6.07) is 12.5. The minimum Gasteiger partial charge on any atom is -0.460 e. The Hall–Kier alpha value is -3.35. The zero-order chi connectivity index (χ0) is 26.9. The lowest BCUT2D eigenvalue weighted by molar-refractivity contribution is -0.158. The molecule has 0 radical (unpaired) electrons. The molecule has 0 spiro atoms. The highest BCUT2D eigenvalue weighted by atomic mass is 32.2. The van der Waals surface area contributed by atoms with Gasteiger partial charge in [-0.3, -0.25) is 19.3 Å². The molecule has 0 aliphatic rings. The summed E-state index contributed by atoms with van der Waals surface area (Å²) in [7, 11) is -4.21. The number of imide groups is 1. The molecule has 1 heterocycles. The van der Waals surface area contributed by atoms with Crippen LogP contribution >= 0.6 is 0 Å². The number of pyridine rings is 1. The van der Waals surface area contributed by atoms with E-state index in [1.165, 1.54) is 24.3 Å². The number of amides is 2. The van der Waals surface area contributed by atoms with Crippen LogP contribution in [-0.4, -0.2) is 54.4 Å². The molecule has 1 aromatic carbocycles. The van der Waals surface area contributed by atoms with E-state index < -0.39 is 52.5 Å². The van der Waals surface area contributed by atoms with E-state index in [0.717, 1.165) is 0 Å². The lowest BCUT2D eigenvalue weighted by atomic mass is 10.1. The second-order valence-electron chi connectivity index (χ2n) is 9.01. The molecule has 0 aliphatic heterocycles. The lowest BCUT2D eigenvalue weighted by Gasteiger charge is -2.31. The maximum absolute atomic E-state index is 13.1. The van der Waals surface area contributed by atoms with Gasteiger partial charge in [-0.05, 0) is 57.9 Å². The first-order chi connectivity index (χ1) is 16.8. The van der Waals surface area contributed by atoms with Gasteiger partial charge in [0.2, 0.25) is 21.8 Å². The van der Waals surface area contributed by atoms with Crippen molar-refractivity contribution in [2.75, 3.05) is 12.3 Å². The molecule has 0 aliphatic carbocycles. The molecule has 0 unspecified atom stereocenters. The van der Waals surface area contributed by atoms with Gasteiger partial charge in [-0.2, -0.15) is 4.72 Å². The number of nitrogens with two attached hydrogens (primary N) is 2. The maximum Gasteiger partial charge on any atom is 0.309 e. The number of nitrogens with one attached hydrogen (secondary N) is 1. The highest BCUT2D eigenvalue weighted by Gasteiger charge is 2.35. The summed E-state index contributed by atoms with van der Waals surface area (Å²) in [5.41, 5.74) is 11.0. The number of esters is 1. The van der Waals surface area contributed by atoms with Crippen molar-refractivity contribution in [3.8, 4) is 0 Å². The van der Waals surface area contributed by atoms with Crippen LogP contribution in [0.3, 0.4) is 0 Å². The Morgan fingerprint density at radius 1 is 1.06 bits per heavy atom. The Kier molecular flexibility index (Phi) is 10.1. The van der Waals surface area contributed by atoms with Crippen molar-refractivity contribution in [3.63, 3.8) is 0 Å². The highest BCUT2D eigenvalue weighted by Crippen LogP contribution is 2.17. The van der Waals surface area contributed by atoms with Gasteiger partial charge in [0.05, 0.1) is 17.9 Å². The first kappa shape index (κ1) is 28.9. The molecule has 2 rings (SSSR count). The van der Waals surface area contributed by atoms with Crippen molar-refractivity contribution in [2.45, 2.75) is 63.1 Å². The molecule has 0 bridgehead atoms. The molecule has 5 N–H and O–H groups in total. The van der Waals surface area contributed by atoms with Gasteiger partial charge in [0.1, 0.15) is 17.6 Å². The summed E-state index contributed by atoms with van der Waals surface area (Å²) >= 11 is 0. The first-order valence-corrected chi connectivity index (χ1v) is 12.9. The first-order valence-electron chi connectivity index (χ1n) is 11.4. The standard InChI is InChI=1S/C24H33N5O6S/c1-24(2,3)35-23(32)15-20(28-36(33,34)18-11-5-4-6-12-18)29(22(31)16-25)21(30)14-8-10-17-9-7-13-19(26)27-17/h4-7,9,11-13,20,28H,8,10,14-16,25H2,1-3H3,(H2,26,27)/t20-/m1/s1. The molecule has 0 fully saturated rings. The minimum atomic E-state index is -4.21. The van der Waals surface area contributed by atoms with Crippen LogP contribution in [0.2, 0.25) is 0 Å². The number of aromatic nitrogens is 1. The van der Waals surface area contributed by atoms with E-state index in [-0.39, 0.29) is 11.3 Å². The molecule has 12 heteroatoms. The maximum atomic E-state index is 13.1. The number of hydrogen-bond donors (Lipinski definition) is 3. The summed E-state index contributed by atoms with van der Waals surface area (Å²) in [6.45, 7) is 4.37. The Bertz CT molecular complexity index is 1170. The van der Waals surface area contributed by atoms with Gasteiger partial charge >= 0.3 is 5.97 Å². The predicted molar refractivity (Wildman–Crippen MR) is 134 cm³/mol. The molecule has 0 saturated carbocycles. The molecular formula is C24H33N5O6S. The summed E-state index contributed by atoms with van der Waals surface area (Å²) in [4.78, 5) is 43.2. The summed E-state index contributed by atoms with van der Waals surface area (Å²) in [6.07, 6.45) is -1.57. The van der Waals surface area contributed by atoms with Crippen LogP contribution in [0.1, 0.15) is 45.7 Å². The van der Waals surface area contributed by atoms with Crippen molar-refractivity contribution in [1.29, 1.82) is 0 Å². The average Bonchev–Trinajstić information content (AvgIpc) is 2.78. The average molecular weight is 520 g/mol. The molecule has 2 aromatic rings. The lowest BCUT2D eigenvalue weighted by Crippen LogP contribution is -2.56. The Morgan fingerprint density at radius 3 is 2.31 bits per heavy atom. The second kappa shape index (κ2) is 12.6. The number of carbonyl (C=O) groups excluding carboxylic acids is 3. The number of anilines is 1. The Morgan fingerprint density at radius 2 is 1.72 bits per heavy atom. The number of benzene rings is 1. The molecule has 0 saturated heterocycles. The molecule has 2 amide bonds. The van der Waals surface area contributed by atoms with Crippen LogP contribution in [0.15, 0.2) is 53.4 Å². The monoisotopic (exact) mass is 519 g/mol. The van der Waals surface area contributed by atoms with Crippen LogP contribution in [0, 0.1) is 0 Å². The predicted octanol–water partition coefficient (Wildman–Crippen LogP) is 1.34. The second-order valence-corrected chi connectivity index (χ2v) is 10.7. The Balaban J connectivity index is 2.30. The molecule has 1 atom stereocenters. The van der Waals surface area contributed by atoms with Crippen LogP contribution in [0.25, 0.3) is 0 Å². The third-order valence-corrected chi connectivity index (χ3v) is 6.28. The highest BCUT2D eigenvalue weighted by molar-refractivity contribution is 7.89. The number of rotatable bonds is 11. The quantitative estimate of drug-likeness (QED) is 0.292. The van der Waals surface area contributed by atoms with E-state index >= 15 is 0 Å². The van der Waals surface area contributed by atoms with E-state index in [1.54, 1.807) is 45.0 Å². The number of nitrogen functional groups attached to an aromatic ring is 1. The number of ether oxygens (including phenoxy) is 1. The number of sulfonamides is 1. The van der Waals surface area contributed by atoms with E-state index in [1.807, 2.05) is 0 Å². The fraction of sp³-hybridized carbons (Fsp3) is 0.417. The number of nitrogens with zero attached hydrogens (tertiary/aromatic N) is 2.